The molecule has 0 spiro atoms. The lowest BCUT2D eigenvalue weighted by Crippen LogP contribution is -2.39. The van der Waals surface area contributed by atoms with E-state index in [0.717, 1.165) is 126 Å². The van der Waals surface area contributed by atoms with Crippen LogP contribution < -0.4 is 54.8 Å². The third-order valence-corrected chi connectivity index (χ3v) is 22.3. The lowest BCUT2D eigenvalue weighted by atomic mass is 10.1. The summed E-state index contributed by atoms with van der Waals surface area (Å²) in [5.41, 5.74) is 1.38. The predicted octanol–water partition coefficient (Wildman–Crippen LogP) is 6.61. The molecule has 0 aliphatic carbocycles. The van der Waals surface area contributed by atoms with Crippen molar-refractivity contribution < 1.29 is 129 Å². The Hall–Kier alpha value is -11.2. The number of sulfonamides is 3. The van der Waals surface area contributed by atoms with Crippen LogP contribution in [0.5, 0.6) is 0 Å². The number of ketones is 1. The highest BCUT2D eigenvalue weighted by Gasteiger charge is 2.32. The van der Waals surface area contributed by atoms with Crippen LogP contribution in [0.3, 0.4) is 0 Å². The molecule has 0 bridgehead atoms. The molecule has 8 heterocycles. The number of hydrogen-bond acceptors (Lipinski definition) is 38. The van der Waals surface area contributed by atoms with Crippen LogP contribution in [-0.2, 0) is 44.5 Å². The Morgan fingerprint density at radius 1 is 0.389 bits per heavy atom. The molecule has 2 unspecified atom stereocenters. The van der Waals surface area contributed by atoms with Crippen LogP contribution >= 0.6 is 71.0 Å². The average molecular weight is 2040 g/mol. The van der Waals surface area contributed by atoms with E-state index in [4.69, 9.17) is 25.8 Å². The number of amides is 2. The van der Waals surface area contributed by atoms with Gasteiger partial charge in [-0.2, -0.15) is 0 Å². The zero-order chi connectivity index (χ0) is 91.9. The Balaban J connectivity index is 0.000000208. The first-order valence-electron chi connectivity index (χ1n) is 34.1. The molecule has 2 amide bonds. The van der Waals surface area contributed by atoms with Gasteiger partial charge in [0.25, 0.3) is 25.7 Å². The number of nitrogens with one attached hydrogen (secondary N) is 2. The summed E-state index contributed by atoms with van der Waals surface area (Å²) in [4.78, 5) is 83.6. The summed E-state index contributed by atoms with van der Waals surface area (Å²) in [6.07, 6.45) is -12.5. The lowest BCUT2D eigenvalue weighted by Gasteiger charge is -2.12. The minimum atomic E-state index is -3.99. The summed E-state index contributed by atoms with van der Waals surface area (Å²) in [7, 11) is -11.9. The molecule has 680 valence electrons. The Kier molecular flexibility index (Phi) is 34.8. The molecule has 4 aromatic carbocycles. The SMILES string of the molecule is CC(CSc1nonc1-c1noc(=O)n1-c1ccc(F)c(C(F)F)c1)CC(=O)CS(N)(=O)=O.CC(N)CSc1nonc1-c1noc(=O)n1-c1ccc(F)c(C(F)F)c1.C[C@@H](CSc1nonc1-c1noc(=O)n1-c1ccc(F)c(C(F)F)c1)NC(=O)CS(N)(=O)=O.C[C@H](CSc1nonc1-c1noc(=O)n1-c1ccc(F)c(C(F)F)c1)NC(=O)CS(N)(=O)=O.I. The smallest absolute Gasteiger partial charge is 0.352 e. The Bertz CT molecular complexity index is 5980. The van der Waals surface area contributed by atoms with Gasteiger partial charge in [0.1, 0.15) is 46.3 Å². The van der Waals surface area contributed by atoms with Crippen molar-refractivity contribution in [1.29, 1.82) is 0 Å². The highest BCUT2D eigenvalue weighted by Crippen LogP contribution is 2.37. The van der Waals surface area contributed by atoms with Crippen LogP contribution in [0.4, 0.5) is 52.7 Å². The van der Waals surface area contributed by atoms with Crippen molar-refractivity contribution in [1.82, 2.24) is 90.8 Å². The third kappa shape index (κ3) is 27.2. The molecule has 12 aromatic rings. The van der Waals surface area contributed by atoms with Gasteiger partial charge in [0.2, 0.25) is 65.2 Å². The molecule has 8 aromatic heterocycles. The minimum Gasteiger partial charge on any atom is -0.352 e. The first kappa shape index (κ1) is 100. The van der Waals surface area contributed by atoms with Crippen LogP contribution in [0, 0.1) is 29.2 Å². The predicted molar refractivity (Wildman–Crippen MR) is 421 cm³/mol. The van der Waals surface area contributed by atoms with Gasteiger partial charge in [0.15, 0.2) is 42.9 Å². The number of rotatable bonds is 34. The van der Waals surface area contributed by atoms with Crippen LogP contribution in [0.1, 0.15) is 82.1 Å². The van der Waals surface area contributed by atoms with E-state index in [9.17, 15) is 112 Å². The number of carbonyl (C=O) groups is 3. The molecule has 63 heteroatoms. The Morgan fingerprint density at radius 2 is 0.635 bits per heavy atom. The maximum Gasteiger partial charge on any atom is 0.446 e. The molecule has 0 fully saturated rings. The van der Waals surface area contributed by atoms with E-state index in [-0.39, 0.29) is 144 Å². The number of nitrogens with two attached hydrogens (primary N) is 4. The highest BCUT2D eigenvalue weighted by atomic mass is 127. The molecule has 10 N–H and O–H groups in total. The fourth-order valence-corrected chi connectivity index (χ4v) is 15.0. The monoisotopic (exact) mass is 2040 g/mol. The summed E-state index contributed by atoms with van der Waals surface area (Å²) < 4.78 is 265. The van der Waals surface area contributed by atoms with Gasteiger partial charge in [0, 0.05) is 47.6 Å². The highest BCUT2D eigenvalue weighted by molar-refractivity contribution is 14.0. The molecule has 0 saturated carbocycles. The maximum absolute atomic E-state index is 13.6. The molecule has 0 radical (unpaired) electrons. The number of thioether (sulfide) groups is 4. The minimum absolute atomic E-state index is 0. The van der Waals surface area contributed by atoms with Gasteiger partial charge in [-0.3, -0.25) is 32.5 Å². The fraction of sp³-hybridized carbons (Fsp3) is 0.317. The van der Waals surface area contributed by atoms with Crippen molar-refractivity contribution in [3.05, 3.63) is 161 Å². The second kappa shape index (κ2) is 43.8. The zero-order valence-electron chi connectivity index (χ0n) is 63.5. The Labute approximate surface area is 728 Å². The Morgan fingerprint density at radius 3 is 0.873 bits per heavy atom. The molecule has 12 rings (SSSR count). The second-order valence-corrected chi connectivity index (χ2v) is 34.4. The van der Waals surface area contributed by atoms with E-state index in [0.29, 0.717) is 10.8 Å². The lowest BCUT2D eigenvalue weighted by molar-refractivity contribution is -0.120. The van der Waals surface area contributed by atoms with Gasteiger partial charge in [-0.15, -0.1) is 35.7 Å². The van der Waals surface area contributed by atoms with Crippen LogP contribution in [0.15, 0.2) is 149 Å². The summed E-state index contributed by atoms with van der Waals surface area (Å²) in [5, 5.41) is 63.8. The van der Waals surface area contributed by atoms with Crippen LogP contribution in [-0.4, -0.2) is 181 Å². The maximum atomic E-state index is 13.6. The standard InChI is InChI=1S/C17H16F3N5O6S2.2C16H15F3N6O6S2.C14H12F3N5O3S.HI/c1-8(4-10(26)7-33(21,28)29)6-32-16-13(22-31-24-16)15-23-30-17(27)25(15)9-2-3-12(18)11(5-9)14(19)20;2*1-7(21-11(26)6-33(20,28)29)5-32-15-12(22-31-24-15)14-23-30-16(27)25(14)8-2-3-10(17)9(4-8)13(18)19;1-6(18)5-26-13-10(19-25-21-13)12-20-24-14(23)22(12)7-2-3-9(15)8(4-7)11(16)17;/h2-3,5,8,14H,4,6-7H2,1H3,(H2,21,28,29);2*2-4,7,13H,5-6H2,1H3,(H,21,26)(H2,20,28,29);2-4,6,11H,5,18H2,1H3;1H/t;2*7-;;/m.10../s1. The topological polar surface area (TPSA) is 630 Å². The number of primary sulfonamides is 3. The zero-order valence-corrected chi connectivity index (χ0v) is 71.6. The summed E-state index contributed by atoms with van der Waals surface area (Å²) >= 11 is 4.27. The third-order valence-electron chi connectivity index (χ3n) is 15.3. The summed E-state index contributed by atoms with van der Waals surface area (Å²) in [6.45, 7) is 6.64. The number of benzene rings is 4. The molecular formula is C63H59F12IN22O21S7. The number of Topliss-reactive ketones (excluding diaryl/α,β-unsaturated/α-hetero) is 1. The summed E-state index contributed by atoms with van der Waals surface area (Å²) in [6, 6.07) is 9.44. The molecule has 4 atom stereocenters. The average Bonchev–Trinajstić information content (AvgIpc) is 1.24. The van der Waals surface area contributed by atoms with E-state index >= 15 is 0 Å². The number of hydrogen-bond donors (Lipinski definition) is 6. The van der Waals surface area contributed by atoms with Crippen molar-refractivity contribution in [2.24, 2.45) is 27.1 Å². The van der Waals surface area contributed by atoms with Gasteiger partial charge in [-0.1, -0.05) is 62.8 Å². The first-order chi connectivity index (χ1) is 58.8. The number of carbonyl (C=O) groups excluding carboxylic acids is 3. The van der Waals surface area contributed by atoms with Crippen LogP contribution in [0.2, 0.25) is 0 Å². The van der Waals surface area contributed by atoms with Gasteiger partial charge in [-0.25, -0.2) is 149 Å². The van der Waals surface area contributed by atoms with E-state index in [2.05, 4.69) is 104 Å². The van der Waals surface area contributed by atoms with E-state index < -0.39 is 171 Å². The van der Waals surface area contributed by atoms with Gasteiger partial charge in [-0.05, 0) is 141 Å². The molecule has 0 saturated heterocycles. The summed E-state index contributed by atoms with van der Waals surface area (Å²) in [5.74, 6) is -13.4. The molecule has 43 nitrogen and oxygen atoms in total. The van der Waals surface area contributed by atoms with Crippen LogP contribution in [0.25, 0.3) is 68.8 Å². The van der Waals surface area contributed by atoms with E-state index in [1.54, 1.807) is 27.7 Å². The molecule has 126 heavy (non-hydrogen) atoms. The van der Waals surface area contributed by atoms with Crippen molar-refractivity contribution in [2.75, 3.05) is 40.3 Å². The largest absolute Gasteiger partial charge is 0.446 e. The van der Waals surface area contributed by atoms with Gasteiger partial charge < -0.3 is 16.4 Å². The van der Waals surface area contributed by atoms with Crippen molar-refractivity contribution >= 4 is 119 Å². The normalized spacial score (nSPS) is 12.7. The first-order valence-corrected chi connectivity index (χ1v) is 43.2. The quantitative estimate of drug-likeness (QED) is 0.0140. The number of aromatic nitrogens is 16. The second-order valence-electron chi connectivity index (χ2n) is 25.6. The number of alkyl halides is 8. The van der Waals surface area contributed by atoms with Crippen molar-refractivity contribution in [3.63, 3.8) is 0 Å². The number of halogens is 13. The molecule has 0 aliphatic rings. The fourth-order valence-electron chi connectivity index (χ4n) is 10.2. The van der Waals surface area contributed by atoms with E-state index in [1.165, 1.54) is 11.8 Å². The van der Waals surface area contributed by atoms with Crippen molar-refractivity contribution in [3.8, 4) is 68.8 Å². The molecular weight excluding hydrogens is 1980 g/mol. The molecule has 0 aliphatic heterocycles. The van der Waals surface area contributed by atoms with E-state index in [1.807, 2.05) is 0 Å². The van der Waals surface area contributed by atoms with Crippen molar-refractivity contribution in [2.45, 2.75) is 98.0 Å². The van der Waals surface area contributed by atoms with Gasteiger partial charge >= 0.3 is 23.0 Å². The number of nitrogens with zero attached hydrogens (tertiary/aromatic N) is 16. The van der Waals surface area contributed by atoms with Gasteiger partial charge in [0.05, 0.1) is 45.0 Å².